The van der Waals surface area contributed by atoms with Crippen LogP contribution in [0.25, 0.3) is 10.2 Å². The molecule has 0 fully saturated rings. The minimum absolute atomic E-state index is 0.0129. The average molecular weight is 527 g/mol. The van der Waals surface area contributed by atoms with E-state index in [2.05, 4.69) is 74.5 Å². The number of nitrogens with one attached hydrogen (secondary N) is 3. The molecule has 0 radical (unpaired) electrons. The number of phenols is 1. The maximum Gasteiger partial charge on any atom is 0.305 e. The molecule has 0 saturated heterocycles. The highest BCUT2D eigenvalue weighted by Gasteiger charge is 2.22. The third-order valence-electron chi connectivity index (χ3n) is 6.22. The summed E-state index contributed by atoms with van der Waals surface area (Å²) in [5.41, 5.74) is 2.74. The Balaban J connectivity index is 1.47. The molecule has 8 heteroatoms. The summed E-state index contributed by atoms with van der Waals surface area (Å²) < 4.78 is 0.805. The van der Waals surface area contributed by atoms with Crippen molar-refractivity contribution in [1.29, 1.82) is 0 Å². The minimum atomic E-state index is -0.167. The molecule has 37 heavy (non-hydrogen) atoms. The van der Waals surface area contributed by atoms with E-state index in [1.807, 2.05) is 17.0 Å². The molecule has 0 saturated carbocycles. The summed E-state index contributed by atoms with van der Waals surface area (Å²) >= 11 is 1.12. The number of aromatic nitrogens is 1. The zero-order valence-corrected chi connectivity index (χ0v) is 23.6. The molecular weight excluding hydrogens is 484 g/mol. The molecule has 1 aromatic heterocycles. The van der Waals surface area contributed by atoms with Crippen LogP contribution in [0.5, 0.6) is 5.75 Å². The van der Waals surface area contributed by atoms with Crippen molar-refractivity contribution >= 4 is 27.5 Å². The molecule has 0 atom stereocenters. The molecule has 0 spiro atoms. The monoisotopic (exact) mass is 526 g/mol. The van der Waals surface area contributed by atoms with Crippen LogP contribution in [0.4, 0.5) is 0 Å². The predicted octanol–water partition coefficient (Wildman–Crippen LogP) is 4.30. The number of thiazole rings is 1. The quantitative estimate of drug-likeness (QED) is 0.249. The van der Waals surface area contributed by atoms with Crippen molar-refractivity contribution < 1.29 is 9.90 Å². The fraction of sp³-hybridized carbons (Fsp3) is 0.517. The van der Waals surface area contributed by atoms with Gasteiger partial charge in [-0.1, -0.05) is 68.5 Å². The Labute approximate surface area is 224 Å². The number of hydrogen-bond acceptors (Lipinski definition) is 6. The number of aromatic amines is 1. The van der Waals surface area contributed by atoms with Gasteiger partial charge in [-0.15, -0.1) is 0 Å². The predicted molar refractivity (Wildman–Crippen MR) is 154 cm³/mol. The second kappa shape index (κ2) is 12.7. The first kappa shape index (κ1) is 28.9. The van der Waals surface area contributed by atoms with Gasteiger partial charge in [0.05, 0.1) is 4.70 Å². The highest BCUT2D eigenvalue weighted by Crippen LogP contribution is 2.27. The third-order valence-corrected chi connectivity index (χ3v) is 7.18. The topological polar surface area (TPSA) is 97.5 Å². The number of aromatic hydroxyl groups is 1. The zero-order chi connectivity index (χ0) is 27.1. The van der Waals surface area contributed by atoms with Crippen LogP contribution in [-0.2, 0) is 17.6 Å². The van der Waals surface area contributed by atoms with E-state index < -0.39 is 0 Å². The molecule has 2 aromatic carbocycles. The first-order valence-corrected chi connectivity index (χ1v) is 13.9. The summed E-state index contributed by atoms with van der Waals surface area (Å²) in [4.78, 5) is 29.4. The number of benzene rings is 2. The molecule has 4 N–H and O–H groups in total. The second-order valence-corrected chi connectivity index (χ2v) is 12.5. The van der Waals surface area contributed by atoms with E-state index in [9.17, 15) is 14.7 Å². The van der Waals surface area contributed by atoms with Crippen molar-refractivity contribution in [3.8, 4) is 5.75 Å². The van der Waals surface area contributed by atoms with Gasteiger partial charge in [0.15, 0.2) is 0 Å². The SMILES string of the molecule is CC(C)(C)CN(CCNCCc1ccc(O)c2[nH]c(=O)sc12)C(=O)CCNC(C)(C)Cc1ccccc1. The summed E-state index contributed by atoms with van der Waals surface area (Å²) in [5, 5.41) is 17.0. The lowest BCUT2D eigenvalue weighted by atomic mass is 9.94. The molecule has 3 aromatic rings. The molecule has 1 heterocycles. The lowest BCUT2D eigenvalue weighted by Gasteiger charge is -2.31. The first-order valence-electron chi connectivity index (χ1n) is 13.0. The highest BCUT2D eigenvalue weighted by molar-refractivity contribution is 7.16. The van der Waals surface area contributed by atoms with Gasteiger partial charge in [0.1, 0.15) is 11.3 Å². The van der Waals surface area contributed by atoms with Gasteiger partial charge < -0.3 is 25.6 Å². The van der Waals surface area contributed by atoms with Gasteiger partial charge >= 0.3 is 4.87 Å². The normalized spacial score (nSPS) is 12.2. The number of amides is 1. The fourth-order valence-electron chi connectivity index (χ4n) is 4.53. The Kier molecular flexibility index (Phi) is 9.93. The van der Waals surface area contributed by atoms with Crippen molar-refractivity contribution in [2.24, 2.45) is 5.41 Å². The van der Waals surface area contributed by atoms with Crippen LogP contribution in [0.1, 0.15) is 52.2 Å². The largest absolute Gasteiger partial charge is 0.506 e. The summed E-state index contributed by atoms with van der Waals surface area (Å²) in [5.74, 6) is 0.261. The number of phenolic OH excluding ortho intramolecular Hbond substituents is 1. The molecule has 0 bridgehead atoms. The Bertz CT molecular complexity index is 1210. The van der Waals surface area contributed by atoms with Crippen LogP contribution < -0.4 is 15.5 Å². The van der Waals surface area contributed by atoms with Crippen LogP contribution in [0, 0.1) is 5.41 Å². The molecule has 1 amide bonds. The third kappa shape index (κ3) is 9.29. The lowest BCUT2D eigenvalue weighted by molar-refractivity contribution is -0.132. The van der Waals surface area contributed by atoms with Crippen molar-refractivity contribution in [3.05, 3.63) is 63.3 Å². The molecule has 202 valence electrons. The van der Waals surface area contributed by atoms with Crippen molar-refractivity contribution in [2.45, 2.75) is 59.4 Å². The Morgan fingerprint density at radius 2 is 1.76 bits per heavy atom. The highest BCUT2D eigenvalue weighted by atomic mass is 32.1. The van der Waals surface area contributed by atoms with Crippen LogP contribution in [-0.4, -0.2) is 59.2 Å². The molecule has 3 rings (SSSR count). The fourth-order valence-corrected chi connectivity index (χ4v) is 5.43. The number of rotatable bonds is 13. The summed E-state index contributed by atoms with van der Waals surface area (Å²) in [6.07, 6.45) is 2.11. The number of nitrogens with zero attached hydrogens (tertiary/aromatic N) is 1. The van der Waals surface area contributed by atoms with Crippen LogP contribution in [0.3, 0.4) is 0 Å². The van der Waals surface area contributed by atoms with Gasteiger partial charge in [0, 0.05) is 38.1 Å². The number of carbonyl (C=O) groups is 1. The van der Waals surface area contributed by atoms with Crippen molar-refractivity contribution in [3.63, 3.8) is 0 Å². The Hall–Kier alpha value is -2.68. The zero-order valence-electron chi connectivity index (χ0n) is 22.8. The minimum Gasteiger partial charge on any atom is -0.506 e. The Morgan fingerprint density at radius 3 is 2.46 bits per heavy atom. The van der Waals surface area contributed by atoms with E-state index in [-0.39, 0.29) is 27.5 Å². The molecule has 0 aliphatic heterocycles. The van der Waals surface area contributed by atoms with Crippen LogP contribution >= 0.6 is 11.3 Å². The van der Waals surface area contributed by atoms with E-state index in [1.54, 1.807) is 6.07 Å². The first-order chi connectivity index (χ1) is 17.4. The maximum absolute atomic E-state index is 13.1. The summed E-state index contributed by atoms with van der Waals surface area (Å²) in [6, 6.07) is 13.9. The van der Waals surface area contributed by atoms with E-state index in [0.29, 0.717) is 38.1 Å². The molecular formula is C29H42N4O3S. The molecule has 0 unspecified atom stereocenters. The number of hydrogen-bond donors (Lipinski definition) is 4. The lowest BCUT2D eigenvalue weighted by Crippen LogP contribution is -2.45. The second-order valence-electron chi connectivity index (χ2n) is 11.6. The molecule has 7 nitrogen and oxygen atoms in total. The van der Waals surface area contributed by atoms with Crippen molar-refractivity contribution in [2.75, 3.05) is 32.7 Å². The van der Waals surface area contributed by atoms with Gasteiger partial charge in [-0.2, -0.15) is 0 Å². The summed E-state index contributed by atoms with van der Waals surface area (Å²) in [7, 11) is 0. The molecule has 0 aliphatic rings. The number of H-pyrrole nitrogens is 1. The van der Waals surface area contributed by atoms with Gasteiger partial charge in [-0.05, 0) is 55.8 Å². The maximum atomic E-state index is 13.1. The van der Waals surface area contributed by atoms with Crippen molar-refractivity contribution in [1.82, 2.24) is 20.5 Å². The van der Waals surface area contributed by atoms with Crippen LogP contribution in [0.2, 0.25) is 0 Å². The van der Waals surface area contributed by atoms with Gasteiger partial charge in [0.25, 0.3) is 0 Å². The van der Waals surface area contributed by atoms with Gasteiger partial charge in [0.2, 0.25) is 5.91 Å². The Morgan fingerprint density at radius 1 is 1.03 bits per heavy atom. The molecule has 0 aliphatic carbocycles. The van der Waals surface area contributed by atoms with E-state index >= 15 is 0 Å². The van der Waals surface area contributed by atoms with E-state index in [1.165, 1.54) is 5.56 Å². The van der Waals surface area contributed by atoms with E-state index in [0.717, 1.165) is 41.0 Å². The summed E-state index contributed by atoms with van der Waals surface area (Å²) in [6.45, 7) is 14.2. The average Bonchev–Trinajstić information content (AvgIpc) is 3.21. The smallest absolute Gasteiger partial charge is 0.305 e. The van der Waals surface area contributed by atoms with Gasteiger partial charge in [-0.25, -0.2) is 0 Å². The van der Waals surface area contributed by atoms with Crippen LogP contribution in [0.15, 0.2) is 47.3 Å². The number of carbonyl (C=O) groups excluding carboxylic acids is 1. The van der Waals surface area contributed by atoms with E-state index in [4.69, 9.17) is 0 Å². The van der Waals surface area contributed by atoms with Gasteiger partial charge in [-0.3, -0.25) is 9.59 Å². The standard InChI is InChI=1S/C29H42N4O3S/c1-28(2,3)20-33(24(35)14-16-31-29(4,5)19-21-9-7-6-8-10-21)18-17-30-15-13-22-11-12-23(34)25-26(22)37-27(36)32-25/h6-12,30-31,34H,13-20H2,1-5H3,(H,32,36). The number of fused-ring (bicyclic) bond motifs is 1.